The molecule has 1 fully saturated rings. The molecule has 108 valence electrons. The highest BCUT2D eigenvalue weighted by molar-refractivity contribution is 7.18. The molecule has 0 unspecified atom stereocenters. The lowest BCUT2D eigenvalue weighted by Crippen LogP contribution is -2.33. The number of nitrogens with two attached hydrogens (primary N) is 1. The fraction of sp³-hybridized carbons (Fsp3) is 0.571. The third-order valence-corrected chi connectivity index (χ3v) is 4.54. The van der Waals surface area contributed by atoms with Gasteiger partial charge in [0, 0.05) is 11.4 Å². The number of aromatic nitrogens is 2. The molecule has 0 aliphatic carbocycles. The average Bonchev–Trinajstić information content (AvgIpc) is 2.80. The summed E-state index contributed by atoms with van der Waals surface area (Å²) in [7, 11) is 0. The Morgan fingerprint density at radius 2 is 2.10 bits per heavy atom. The number of nitrogen functional groups attached to an aromatic ring is 1. The second-order valence-electron chi connectivity index (χ2n) is 5.21. The van der Waals surface area contributed by atoms with Crippen LogP contribution >= 0.6 is 11.3 Å². The number of piperidine rings is 1. The van der Waals surface area contributed by atoms with Crippen LogP contribution in [0.3, 0.4) is 0 Å². The van der Waals surface area contributed by atoms with Crippen molar-refractivity contribution in [1.29, 1.82) is 0 Å². The van der Waals surface area contributed by atoms with Crippen LogP contribution in [-0.2, 0) is 0 Å². The van der Waals surface area contributed by atoms with E-state index in [9.17, 15) is 0 Å². The lowest BCUT2D eigenvalue weighted by atomic mass is 10.1. The quantitative estimate of drug-likeness (QED) is 0.937. The number of rotatable bonds is 4. The summed E-state index contributed by atoms with van der Waals surface area (Å²) in [4.78, 5) is 13.0. The van der Waals surface area contributed by atoms with Crippen LogP contribution in [-0.4, -0.2) is 41.1 Å². The summed E-state index contributed by atoms with van der Waals surface area (Å²) in [5, 5.41) is 0.973. The van der Waals surface area contributed by atoms with Crippen molar-refractivity contribution in [1.82, 2.24) is 14.9 Å². The van der Waals surface area contributed by atoms with E-state index >= 15 is 0 Å². The molecule has 0 spiro atoms. The molecule has 5 nitrogen and oxygen atoms in total. The smallest absolute Gasteiger partial charge is 0.227 e. The zero-order chi connectivity index (χ0) is 13.9. The van der Waals surface area contributed by atoms with Crippen LogP contribution < -0.4 is 10.5 Å². The van der Waals surface area contributed by atoms with Gasteiger partial charge < -0.3 is 10.5 Å². The number of hydrogen-bond acceptors (Lipinski definition) is 6. The molecular formula is C14H20N4OS. The van der Waals surface area contributed by atoms with Crippen molar-refractivity contribution in [2.75, 3.05) is 32.0 Å². The van der Waals surface area contributed by atoms with Gasteiger partial charge in [-0.3, -0.25) is 4.90 Å². The fourth-order valence-corrected chi connectivity index (χ4v) is 3.47. The zero-order valence-corrected chi connectivity index (χ0v) is 12.6. The average molecular weight is 292 g/mol. The molecule has 0 atom stereocenters. The molecule has 0 bridgehead atoms. The highest BCUT2D eigenvalue weighted by Gasteiger charge is 2.12. The molecular weight excluding hydrogens is 272 g/mol. The first-order valence-electron chi connectivity index (χ1n) is 7.11. The van der Waals surface area contributed by atoms with E-state index in [4.69, 9.17) is 10.5 Å². The second-order valence-corrected chi connectivity index (χ2v) is 6.45. The summed E-state index contributed by atoms with van der Waals surface area (Å²) in [5.74, 6) is 0.904. The fourth-order valence-electron chi connectivity index (χ4n) is 2.60. The number of hydrogen-bond donors (Lipinski definition) is 1. The largest absolute Gasteiger partial charge is 0.476 e. The molecule has 0 aromatic carbocycles. The Bertz CT molecular complexity index is 592. The first-order valence-corrected chi connectivity index (χ1v) is 7.93. The summed E-state index contributed by atoms with van der Waals surface area (Å²) >= 11 is 1.62. The van der Waals surface area contributed by atoms with Gasteiger partial charge >= 0.3 is 0 Å². The zero-order valence-electron chi connectivity index (χ0n) is 11.8. The predicted molar refractivity (Wildman–Crippen MR) is 82.4 cm³/mol. The van der Waals surface area contributed by atoms with Gasteiger partial charge in [-0.25, -0.2) is 4.98 Å². The van der Waals surface area contributed by atoms with E-state index in [1.807, 2.05) is 0 Å². The van der Waals surface area contributed by atoms with E-state index in [-0.39, 0.29) is 5.95 Å². The third-order valence-electron chi connectivity index (χ3n) is 3.59. The summed E-state index contributed by atoms with van der Waals surface area (Å²) in [6.07, 6.45) is 3.96. The number of anilines is 1. The lowest BCUT2D eigenvalue weighted by molar-refractivity contribution is 0.181. The van der Waals surface area contributed by atoms with Crippen LogP contribution in [0.25, 0.3) is 10.2 Å². The van der Waals surface area contributed by atoms with Crippen molar-refractivity contribution in [3.8, 4) is 5.88 Å². The molecule has 2 aromatic heterocycles. The van der Waals surface area contributed by atoms with Gasteiger partial charge in [0.15, 0.2) is 0 Å². The molecule has 1 saturated heterocycles. The second kappa shape index (κ2) is 5.93. The molecule has 0 amide bonds. The summed E-state index contributed by atoms with van der Waals surface area (Å²) < 4.78 is 5.85. The van der Waals surface area contributed by atoms with E-state index in [0.717, 1.165) is 16.8 Å². The maximum absolute atomic E-state index is 5.85. The maximum Gasteiger partial charge on any atom is 0.227 e. The van der Waals surface area contributed by atoms with Crippen LogP contribution in [0.2, 0.25) is 0 Å². The van der Waals surface area contributed by atoms with E-state index in [2.05, 4.69) is 27.9 Å². The number of ether oxygens (including phenoxy) is 1. The van der Waals surface area contributed by atoms with Gasteiger partial charge in [0.05, 0.1) is 5.39 Å². The number of fused-ring (bicyclic) bond motifs is 1. The highest BCUT2D eigenvalue weighted by Crippen LogP contribution is 2.30. The first kappa shape index (κ1) is 13.6. The van der Waals surface area contributed by atoms with Crippen LogP contribution in [0.1, 0.15) is 24.1 Å². The maximum atomic E-state index is 5.85. The van der Waals surface area contributed by atoms with E-state index in [1.165, 1.54) is 37.2 Å². The van der Waals surface area contributed by atoms with E-state index in [1.54, 1.807) is 11.3 Å². The standard InChI is InChI=1S/C14H20N4OS/c1-10-9-11-12(16-14(15)17-13(11)20-10)19-8-7-18-5-3-2-4-6-18/h9H,2-8H2,1H3,(H2,15,16,17). The van der Waals surface area contributed by atoms with Crippen molar-refractivity contribution >= 4 is 27.5 Å². The normalized spacial score (nSPS) is 16.6. The molecule has 2 aromatic rings. The van der Waals surface area contributed by atoms with Gasteiger partial charge in [0.25, 0.3) is 0 Å². The molecule has 1 aliphatic heterocycles. The highest BCUT2D eigenvalue weighted by atomic mass is 32.1. The Labute approximate surface area is 122 Å². The van der Waals surface area contributed by atoms with E-state index < -0.39 is 0 Å². The molecule has 1 aliphatic rings. The van der Waals surface area contributed by atoms with Gasteiger partial charge in [0.2, 0.25) is 11.8 Å². The predicted octanol–water partition coefficient (Wildman–Crippen LogP) is 2.45. The van der Waals surface area contributed by atoms with E-state index in [0.29, 0.717) is 12.5 Å². The van der Waals surface area contributed by atoms with Crippen molar-refractivity contribution in [3.05, 3.63) is 10.9 Å². The number of nitrogens with zero attached hydrogens (tertiary/aromatic N) is 3. The Balaban J connectivity index is 1.67. The molecule has 0 radical (unpaired) electrons. The summed E-state index contributed by atoms with van der Waals surface area (Å²) in [5.41, 5.74) is 5.74. The molecule has 0 saturated carbocycles. The van der Waals surface area contributed by atoms with Gasteiger partial charge in [-0.2, -0.15) is 4.98 Å². The van der Waals surface area contributed by atoms with Crippen LogP contribution in [0.15, 0.2) is 6.07 Å². The monoisotopic (exact) mass is 292 g/mol. The summed E-state index contributed by atoms with van der Waals surface area (Å²) in [6, 6.07) is 2.07. The SMILES string of the molecule is Cc1cc2c(OCCN3CCCCC3)nc(N)nc2s1. The van der Waals surface area contributed by atoms with Gasteiger partial charge in [0.1, 0.15) is 11.4 Å². The topological polar surface area (TPSA) is 64.3 Å². The van der Waals surface area contributed by atoms with Crippen LogP contribution in [0.5, 0.6) is 5.88 Å². The molecule has 20 heavy (non-hydrogen) atoms. The Morgan fingerprint density at radius 1 is 1.30 bits per heavy atom. The van der Waals surface area contributed by atoms with Crippen molar-refractivity contribution in [3.63, 3.8) is 0 Å². The minimum absolute atomic E-state index is 0.285. The lowest BCUT2D eigenvalue weighted by Gasteiger charge is -2.26. The van der Waals surface area contributed by atoms with Gasteiger partial charge in [-0.05, 0) is 38.9 Å². The number of likely N-dealkylation sites (tertiary alicyclic amines) is 1. The Kier molecular flexibility index (Phi) is 4.03. The van der Waals surface area contributed by atoms with Gasteiger partial charge in [-0.1, -0.05) is 6.42 Å². The number of aryl methyl sites for hydroxylation is 1. The van der Waals surface area contributed by atoms with Crippen molar-refractivity contribution in [2.45, 2.75) is 26.2 Å². The van der Waals surface area contributed by atoms with Crippen LogP contribution in [0.4, 0.5) is 5.95 Å². The third kappa shape index (κ3) is 3.02. The molecule has 2 N–H and O–H groups in total. The minimum Gasteiger partial charge on any atom is -0.476 e. The molecule has 6 heteroatoms. The van der Waals surface area contributed by atoms with Crippen molar-refractivity contribution < 1.29 is 4.74 Å². The number of thiophene rings is 1. The van der Waals surface area contributed by atoms with Gasteiger partial charge in [-0.15, -0.1) is 11.3 Å². The summed E-state index contributed by atoms with van der Waals surface area (Å²) in [6.45, 7) is 6.03. The first-order chi connectivity index (χ1) is 9.72. The van der Waals surface area contributed by atoms with Crippen LogP contribution in [0, 0.1) is 6.92 Å². The van der Waals surface area contributed by atoms with Crippen molar-refractivity contribution in [2.24, 2.45) is 0 Å². The Morgan fingerprint density at radius 3 is 2.90 bits per heavy atom. The molecule has 3 heterocycles. The molecule has 3 rings (SSSR count). The minimum atomic E-state index is 0.285. The Hall–Kier alpha value is -1.40.